The summed E-state index contributed by atoms with van der Waals surface area (Å²) >= 11 is 0. The first-order valence-corrected chi connectivity index (χ1v) is 6.99. The van der Waals surface area contributed by atoms with Gasteiger partial charge in [-0.3, -0.25) is 19.7 Å². The third kappa shape index (κ3) is 3.07. The molecule has 3 aromatic rings. The lowest BCUT2D eigenvalue weighted by Gasteiger charge is -2.27. The van der Waals surface area contributed by atoms with Crippen molar-refractivity contribution in [1.82, 2.24) is 20.3 Å². The lowest BCUT2D eigenvalue weighted by molar-refractivity contribution is 0.0302. The number of aliphatic hydroxyl groups is 1. The second kappa shape index (κ2) is 6.33. The average molecular weight is 306 g/mol. The highest BCUT2D eigenvalue weighted by Crippen LogP contribution is 2.23. The number of hydrogen-bond donors (Lipinski definition) is 2. The van der Waals surface area contributed by atoms with Crippen LogP contribution in [0.25, 0.3) is 0 Å². The highest BCUT2D eigenvalue weighted by molar-refractivity contribution is 5.92. The molecule has 0 spiro atoms. The third-order valence-corrected chi connectivity index (χ3v) is 3.26. The Hall–Kier alpha value is -3.12. The summed E-state index contributed by atoms with van der Waals surface area (Å²) in [5.74, 6) is -0.524. The summed E-state index contributed by atoms with van der Waals surface area (Å²) in [5, 5.41) is 13.7. The molecule has 6 heteroatoms. The van der Waals surface area contributed by atoms with E-state index in [-0.39, 0.29) is 17.1 Å². The topological polar surface area (TPSA) is 88.0 Å². The van der Waals surface area contributed by atoms with Crippen LogP contribution in [0.2, 0.25) is 0 Å². The van der Waals surface area contributed by atoms with Gasteiger partial charge in [-0.2, -0.15) is 0 Å². The van der Waals surface area contributed by atoms with E-state index in [1.54, 1.807) is 54.6 Å². The Morgan fingerprint density at radius 3 is 1.78 bits per heavy atom. The first kappa shape index (κ1) is 14.8. The number of amides is 1. The minimum absolute atomic E-state index is 0.192. The lowest BCUT2D eigenvalue weighted by Crippen LogP contribution is -2.48. The highest BCUT2D eigenvalue weighted by atomic mass is 16.3. The molecule has 1 amide bonds. The molecule has 3 aromatic heterocycles. The molecule has 0 unspecified atom stereocenters. The maximum absolute atomic E-state index is 12.4. The molecular formula is C17H14N4O2. The van der Waals surface area contributed by atoms with E-state index in [0.29, 0.717) is 0 Å². The van der Waals surface area contributed by atoms with Gasteiger partial charge in [-0.25, -0.2) is 0 Å². The predicted octanol–water partition coefficient (Wildman–Crippen LogP) is 1.49. The second-order valence-corrected chi connectivity index (χ2v) is 4.81. The Bertz CT molecular complexity index is 740. The van der Waals surface area contributed by atoms with Crippen molar-refractivity contribution < 1.29 is 9.90 Å². The molecule has 2 N–H and O–H groups in total. The van der Waals surface area contributed by atoms with Gasteiger partial charge < -0.3 is 10.4 Å². The standard InChI is InChI=1S/C17H14N4O2/c22-16(13-7-1-4-10-18-13)21-17(23,14-8-2-5-11-19-14)15-9-3-6-12-20-15/h1-12,23H,(H,21,22). The van der Waals surface area contributed by atoms with Gasteiger partial charge in [-0.15, -0.1) is 0 Å². The summed E-state index contributed by atoms with van der Waals surface area (Å²) in [4.78, 5) is 24.7. The molecule has 0 aliphatic heterocycles. The molecule has 3 heterocycles. The van der Waals surface area contributed by atoms with E-state index in [2.05, 4.69) is 20.3 Å². The summed E-state index contributed by atoms with van der Waals surface area (Å²) in [7, 11) is 0. The Labute approximate surface area is 132 Å². The molecule has 0 bridgehead atoms. The molecule has 0 fully saturated rings. The Balaban J connectivity index is 2.01. The van der Waals surface area contributed by atoms with Crippen molar-refractivity contribution in [2.24, 2.45) is 0 Å². The number of nitrogens with one attached hydrogen (secondary N) is 1. The van der Waals surface area contributed by atoms with Gasteiger partial charge in [-0.05, 0) is 36.4 Å². The minimum atomic E-state index is -1.85. The molecule has 0 aliphatic rings. The van der Waals surface area contributed by atoms with Gasteiger partial charge in [0.05, 0.1) is 11.4 Å². The van der Waals surface area contributed by atoms with Crippen molar-refractivity contribution in [2.45, 2.75) is 5.72 Å². The molecule has 114 valence electrons. The van der Waals surface area contributed by atoms with E-state index >= 15 is 0 Å². The number of pyridine rings is 3. The SMILES string of the molecule is O=C(NC(O)(c1ccccn1)c1ccccn1)c1ccccn1. The van der Waals surface area contributed by atoms with Gasteiger partial charge in [0.2, 0.25) is 5.72 Å². The molecule has 6 nitrogen and oxygen atoms in total. The van der Waals surface area contributed by atoms with E-state index in [9.17, 15) is 9.90 Å². The molecule has 23 heavy (non-hydrogen) atoms. The van der Waals surface area contributed by atoms with Crippen molar-refractivity contribution in [3.05, 3.63) is 90.3 Å². The molecule has 0 atom stereocenters. The molecule has 0 aliphatic carbocycles. The summed E-state index contributed by atoms with van der Waals surface area (Å²) in [6.07, 6.45) is 4.59. The van der Waals surface area contributed by atoms with Gasteiger partial charge in [0.15, 0.2) is 0 Å². The quantitative estimate of drug-likeness (QED) is 0.713. The van der Waals surface area contributed by atoms with Crippen LogP contribution in [-0.2, 0) is 5.72 Å². The van der Waals surface area contributed by atoms with Crippen LogP contribution < -0.4 is 5.32 Å². The smallest absolute Gasteiger partial charge is 0.272 e. The molecular weight excluding hydrogens is 292 g/mol. The van der Waals surface area contributed by atoms with E-state index in [1.165, 1.54) is 18.6 Å². The van der Waals surface area contributed by atoms with E-state index in [4.69, 9.17) is 0 Å². The lowest BCUT2D eigenvalue weighted by atomic mass is 10.0. The second-order valence-electron chi connectivity index (χ2n) is 4.81. The zero-order valence-electron chi connectivity index (χ0n) is 12.1. The van der Waals surface area contributed by atoms with Crippen molar-refractivity contribution in [1.29, 1.82) is 0 Å². The van der Waals surface area contributed by atoms with Crippen LogP contribution in [0.15, 0.2) is 73.2 Å². The number of nitrogens with zero attached hydrogens (tertiary/aromatic N) is 3. The van der Waals surface area contributed by atoms with Gasteiger partial charge in [-0.1, -0.05) is 18.2 Å². The van der Waals surface area contributed by atoms with Crippen LogP contribution in [0.3, 0.4) is 0 Å². The average Bonchev–Trinajstić information content (AvgIpc) is 2.64. The summed E-state index contributed by atoms with van der Waals surface area (Å²) in [6, 6.07) is 15.1. The maximum Gasteiger partial charge on any atom is 0.272 e. The fourth-order valence-electron chi connectivity index (χ4n) is 2.14. The van der Waals surface area contributed by atoms with Crippen molar-refractivity contribution in [2.75, 3.05) is 0 Å². The zero-order chi connectivity index (χ0) is 16.1. The zero-order valence-corrected chi connectivity index (χ0v) is 12.1. The van der Waals surface area contributed by atoms with Gasteiger partial charge in [0.25, 0.3) is 5.91 Å². The van der Waals surface area contributed by atoms with Crippen molar-refractivity contribution in [3.63, 3.8) is 0 Å². The van der Waals surface area contributed by atoms with Crippen LogP contribution >= 0.6 is 0 Å². The molecule has 0 radical (unpaired) electrons. The maximum atomic E-state index is 12.4. The molecule has 0 aromatic carbocycles. The molecule has 0 saturated carbocycles. The van der Waals surface area contributed by atoms with E-state index < -0.39 is 11.6 Å². The fraction of sp³-hybridized carbons (Fsp3) is 0.0588. The van der Waals surface area contributed by atoms with Crippen LogP contribution in [0.4, 0.5) is 0 Å². The van der Waals surface area contributed by atoms with E-state index in [1.807, 2.05) is 0 Å². The number of hydrogen-bond acceptors (Lipinski definition) is 5. The summed E-state index contributed by atoms with van der Waals surface area (Å²) in [6.45, 7) is 0. The molecule has 3 rings (SSSR count). The van der Waals surface area contributed by atoms with Crippen LogP contribution in [0.5, 0.6) is 0 Å². The Morgan fingerprint density at radius 2 is 1.35 bits per heavy atom. The van der Waals surface area contributed by atoms with Gasteiger partial charge in [0, 0.05) is 18.6 Å². The van der Waals surface area contributed by atoms with Gasteiger partial charge in [0.1, 0.15) is 5.69 Å². The van der Waals surface area contributed by atoms with Crippen LogP contribution in [0.1, 0.15) is 21.9 Å². The number of aromatic nitrogens is 3. The number of rotatable bonds is 4. The van der Waals surface area contributed by atoms with Gasteiger partial charge >= 0.3 is 0 Å². The first-order chi connectivity index (χ1) is 11.2. The number of carbonyl (C=O) groups excluding carboxylic acids is 1. The van der Waals surface area contributed by atoms with Crippen molar-refractivity contribution in [3.8, 4) is 0 Å². The molecule has 0 saturated heterocycles. The minimum Gasteiger partial charge on any atom is -0.361 e. The van der Waals surface area contributed by atoms with E-state index in [0.717, 1.165) is 0 Å². The predicted molar refractivity (Wildman–Crippen MR) is 83.2 cm³/mol. The summed E-state index contributed by atoms with van der Waals surface area (Å²) in [5.41, 5.74) is -1.12. The monoisotopic (exact) mass is 306 g/mol. The van der Waals surface area contributed by atoms with Crippen LogP contribution in [0, 0.1) is 0 Å². The van der Waals surface area contributed by atoms with Crippen LogP contribution in [-0.4, -0.2) is 26.0 Å². The Kier molecular flexibility index (Phi) is 4.07. The Morgan fingerprint density at radius 1 is 0.826 bits per heavy atom. The largest absolute Gasteiger partial charge is 0.361 e. The highest BCUT2D eigenvalue weighted by Gasteiger charge is 2.36. The third-order valence-electron chi connectivity index (χ3n) is 3.26. The fourth-order valence-corrected chi connectivity index (χ4v) is 2.14. The normalized spacial score (nSPS) is 11.0. The first-order valence-electron chi connectivity index (χ1n) is 6.99. The number of carbonyl (C=O) groups is 1. The van der Waals surface area contributed by atoms with Crippen molar-refractivity contribution >= 4 is 5.91 Å². The summed E-state index contributed by atoms with van der Waals surface area (Å²) < 4.78 is 0.